The Labute approximate surface area is 137 Å². The van der Waals surface area contributed by atoms with Crippen LogP contribution in [0.25, 0.3) is 0 Å². The van der Waals surface area contributed by atoms with Crippen molar-refractivity contribution >= 4 is 8.32 Å². The van der Waals surface area contributed by atoms with Gasteiger partial charge in [0.05, 0.1) is 6.10 Å². The van der Waals surface area contributed by atoms with E-state index >= 15 is 0 Å². The van der Waals surface area contributed by atoms with Gasteiger partial charge in [-0.3, -0.25) is 4.98 Å². The van der Waals surface area contributed by atoms with Gasteiger partial charge in [0.2, 0.25) is 8.32 Å². The molecule has 2 nitrogen and oxygen atoms in total. The van der Waals surface area contributed by atoms with Gasteiger partial charge in [-0.05, 0) is 34.5 Å². The number of aromatic nitrogens is 1. The van der Waals surface area contributed by atoms with Crippen molar-refractivity contribution in [2.75, 3.05) is 0 Å². The molecule has 22 heavy (non-hydrogen) atoms. The van der Waals surface area contributed by atoms with Crippen LogP contribution in [0.5, 0.6) is 0 Å². The maximum Gasteiger partial charge on any atom is 0.201 e. The van der Waals surface area contributed by atoms with Gasteiger partial charge in [-0.2, -0.15) is 0 Å². The van der Waals surface area contributed by atoms with E-state index in [2.05, 4.69) is 72.5 Å². The van der Waals surface area contributed by atoms with Crippen LogP contribution in [0.3, 0.4) is 0 Å². The summed E-state index contributed by atoms with van der Waals surface area (Å²) < 4.78 is 7.12. The van der Waals surface area contributed by atoms with E-state index in [0.29, 0.717) is 16.6 Å². The largest absolute Gasteiger partial charge is 0.409 e. The fourth-order valence-corrected chi connectivity index (χ4v) is 10.3. The Bertz CT molecular complexity index is 500. The molecule has 0 aromatic carbocycles. The highest BCUT2D eigenvalue weighted by molar-refractivity contribution is 6.77. The summed E-state index contributed by atoms with van der Waals surface area (Å²) in [5.74, 6) is 0. The molecule has 1 aromatic rings. The molecule has 0 radical (unpaired) electrons. The number of nitrogens with zero attached hydrogens (tertiary/aromatic N) is 1. The second-order valence-electron chi connectivity index (χ2n) is 8.52. The first-order valence-corrected chi connectivity index (χ1v) is 10.9. The lowest BCUT2D eigenvalue weighted by atomic mass is 9.88. The van der Waals surface area contributed by atoms with Crippen molar-refractivity contribution < 1.29 is 4.43 Å². The molecule has 0 aliphatic heterocycles. The summed E-state index contributed by atoms with van der Waals surface area (Å²) >= 11 is 0. The van der Waals surface area contributed by atoms with Crippen molar-refractivity contribution in [2.24, 2.45) is 5.41 Å². The summed E-state index contributed by atoms with van der Waals surface area (Å²) in [4.78, 5) is 4.61. The van der Waals surface area contributed by atoms with E-state index in [-0.39, 0.29) is 11.5 Å². The Hall–Kier alpha value is -0.673. The van der Waals surface area contributed by atoms with E-state index in [0.717, 1.165) is 6.42 Å². The van der Waals surface area contributed by atoms with Crippen molar-refractivity contribution in [1.82, 2.24) is 4.98 Å². The van der Waals surface area contributed by atoms with Crippen LogP contribution in [0.15, 0.2) is 18.3 Å². The van der Waals surface area contributed by atoms with Gasteiger partial charge >= 0.3 is 0 Å². The third-order valence-corrected chi connectivity index (χ3v) is 11.6. The minimum atomic E-state index is -1.88. The van der Waals surface area contributed by atoms with Crippen LogP contribution in [0, 0.1) is 5.41 Å². The van der Waals surface area contributed by atoms with Crippen molar-refractivity contribution in [3.63, 3.8) is 0 Å². The third kappa shape index (κ3) is 2.78. The van der Waals surface area contributed by atoms with Gasteiger partial charge in [0.1, 0.15) is 0 Å². The molecule has 0 fully saturated rings. The van der Waals surface area contributed by atoms with Crippen LogP contribution < -0.4 is 0 Å². The average Bonchev–Trinajstić information content (AvgIpc) is 2.64. The third-order valence-electron chi connectivity index (χ3n) is 5.57. The lowest BCUT2D eigenvalue weighted by Gasteiger charge is -2.46. The van der Waals surface area contributed by atoms with Crippen LogP contribution in [-0.2, 0) is 10.8 Å². The highest BCUT2D eigenvalue weighted by Gasteiger charge is 2.51. The van der Waals surface area contributed by atoms with E-state index in [1.165, 1.54) is 11.3 Å². The van der Waals surface area contributed by atoms with Crippen molar-refractivity contribution in [1.29, 1.82) is 0 Å². The van der Waals surface area contributed by atoms with Gasteiger partial charge in [0.15, 0.2) is 0 Å². The summed E-state index contributed by atoms with van der Waals surface area (Å²) in [6.07, 6.45) is 3.12. The normalized spacial score (nSPS) is 21.0. The van der Waals surface area contributed by atoms with E-state index in [9.17, 15) is 0 Å². The SMILES string of the molecule is CC(C)[Si](OC1c2cccnc2CC1(C)C)(C(C)C)C(C)C. The standard InChI is InChI=1S/C19H33NOSi/c1-13(2)22(14(3)4,15(5)6)21-18-16-10-9-11-20-17(16)12-19(18,7)8/h9-11,13-15,18H,12H2,1-8H3. The summed E-state index contributed by atoms with van der Waals surface area (Å²) in [5, 5.41) is 0. The molecular weight excluding hydrogens is 286 g/mol. The van der Waals surface area contributed by atoms with E-state index in [1.54, 1.807) is 0 Å². The zero-order valence-corrected chi connectivity index (χ0v) is 16.6. The molecule has 0 saturated heterocycles. The molecule has 3 heteroatoms. The van der Waals surface area contributed by atoms with Crippen LogP contribution in [-0.4, -0.2) is 13.3 Å². The molecule has 1 aliphatic rings. The molecule has 0 N–H and O–H groups in total. The van der Waals surface area contributed by atoms with Crippen LogP contribution in [0.4, 0.5) is 0 Å². The number of fused-ring (bicyclic) bond motifs is 1. The number of hydrogen-bond donors (Lipinski definition) is 0. The maximum absolute atomic E-state index is 7.12. The number of hydrogen-bond acceptors (Lipinski definition) is 2. The molecule has 0 saturated carbocycles. The summed E-state index contributed by atoms with van der Waals surface area (Å²) in [7, 11) is -1.88. The zero-order valence-electron chi connectivity index (χ0n) is 15.6. The van der Waals surface area contributed by atoms with Crippen LogP contribution in [0.1, 0.15) is 72.8 Å². The molecule has 124 valence electrons. The first-order chi connectivity index (χ1) is 10.1. The Kier molecular flexibility index (Phi) is 4.89. The minimum Gasteiger partial charge on any atom is -0.409 e. The molecule has 1 atom stereocenters. The topological polar surface area (TPSA) is 22.1 Å². The molecule has 1 aliphatic carbocycles. The minimum absolute atomic E-state index is 0.133. The molecule has 0 spiro atoms. The first-order valence-electron chi connectivity index (χ1n) is 8.74. The van der Waals surface area contributed by atoms with Gasteiger partial charge in [-0.25, -0.2) is 0 Å². The molecule has 1 aromatic heterocycles. The lowest BCUT2D eigenvalue weighted by Crippen LogP contribution is -2.49. The number of pyridine rings is 1. The Morgan fingerprint density at radius 1 is 1.09 bits per heavy atom. The van der Waals surface area contributed by atoms with E-state index in [4.69, 9.17) is 4.43 Å². The predicted molar refractivity (Wildman–Crippen MR) is 96.6 cm³/mol. The maximum atomic E-state index is 7.12. The summed E-state index contributed by atoms with van der Waals surface area (Å²) in [5.41, 5.74) is 4.54. The van der Waals surface area contributed by atoms with Gasteiger partial charge in [0, 0.05) is 17.5 Å². The predicted octanol–water partition coefficient (Wildman–Crippen LogP) is 5.90. The van der Waals surface area contributed by atoms with Crippen molar-refractivity contribution in [3.8, 4) is 0 Å². The van der Waals surface area contributed by atoms with Crippen molar-refractivity contribution in [3.05, 3.63) is 29.6 Å². The van der Waals surface area contributed by atoms with Crippen molar-refractivity contribution in [2.45, 2.75) is 84.5 Å². The Morgan fingerprint density at radius 2 is 1.64 bits per heavy atom. The van der Waals surface area contributed by atoms with Gasteiger partial charge < -0.3 is 4.43 Å². The quantitative estimate of drug-likeness (QED) is 0.631. The fourth-order valence-electron chi connectivity index (χ4n) is 4.62. The lowest BCUT2D eigenvalue weighted by molar-refractivity contribution is 0.0719. The second kappa shape index (κ2) is 6.08. The molecular formula is C19H33NOSi. The van der Waals surface area contributed by atoms with Gasteiger partial charge in [-0.15, -0.1) is 0 Å². The molecule has 0 amide bonds. The fraction of sp³-hybridized carbons (Fsp3) is 0.737. The van der Waals surface area contributed by atoms with E-state index in [1.807, 2.05) is 6.20 Å². The second-order valence-corrected chi connectivity index (χ2v) is 13.9. The highest BCUT2D eigenvalue weighted by Crippen LogP contribution is 2.53. The Balaban J connectivity index is 2.46. The first kappa shape index (κ1) is 17.7. The Morgan fingerprint density at radius 3 is 2.14 bits per heavy atom. The van der Waals surface area contributed by atoms with Crippen LogP contribution >= 0.6 is 0 Å². The summed E-state index contributed by atoms with van der Waals surface area (Å²) in [6.45, 7) is 18.8. The van der Waals surface area contributed by atoms with E-state index < -0.39 is 8.32 Å². The highest BCUT2D eigenvalue weighted by atomic mass is 28.4. The number of rotatable bonds is 5. The molecule has 1 unspecified atom stereocenters. The molecule has 2 rings (SSSR count). The zero-order chi connectivity index (χ0) is 16.7. The summed E-state index contributed by atoms with van der Waals surface area (Å²) in [6, 6.07) is 4.28. The smallest absolute Gasteiger partial charge is 0.201 e. The molecule has 0 bridgehead atoms. The van der Waals surface area contributed by atoms with Crippen LogP contribution in [0.2, 0.25) is 16.6 Å². The van der Waals surface area contributed by atoms with Gasteiger partial charge in [-0.1, -0.05) is 61.5 Å². The average molecular weight is 320 g/mol. The van der Waals surface area contributed by atoms with Gasteiger partial charge in [0.25, 0.3) is 0 Å². The molecule has 1 heterocycles. The monoisotopic (exact) mass is 319 g/mol.